The number of hydrogen-bond acceptors (Lipinski definition) is 5. The van der Waals surface area contributed by atoms with Crippen molar-refractivity contribution in [3.05, 3.63) is 47.2 Å². The molecule has 0 radical (unpaired) electrons. The van der Waals surface area contributed by atoms with Crippen molar-refractivity contribution in [3.8, 4) is 5.75 Å². The molecular weight excluding hydrogens is 318 g/mol. The number of ether oxygens (including phenoxy) is 1. The third-order valence-corrected chi connectivity index (χ3v) is 4.45. The Morgan fingerprint density at radius 1 is 1.28 bits per heavy atom. The molecule has 0 unspecified atom stereocenters. The Morgan fingerprint density at radius 3 is 2.56 bits per heavy atom. The van der Waals surface area contributed by atoms with Crippen LogP contribution >= 0.6 is 0 Å². The van der Waals surface area contributed by atoms with E-state index in [1.807, 2.05) is 24.3 Å². The highest BCUT2D eigenvalue weighted by molar-refractivity contribution is 5.92. The van der Waals surface area contributed by atoms with Gasteiger partial charge in [0.05, 0.1) is 5.69 Å². The summed E-state index contributed by atoms with van der Waals surface area (Å²) in [6.45, 7) is 6.09. The number of oxazole rings is 1. The molecule has 3 rings (SSSR count). The van der Waals surface area contributed by atoms with Gasteiger partial charge in [-0.25, -0.2) is 4.98 Å². The van der Waals surface area contributed by atoms with Crippen LogP contribution in [-0.2, 0) is 6.54 Å². The molecular formula is C19H25N3O3. The highest BCUT2D eigenvalue weighted by Crippen LogP contribution is 2.19. The molecule has 6 nitrogen and oxygen atoms in total. The number of piperidine rings is 1. The number of amides is 1. The first-order valence-electron chi connectivity index (χ1n) is 8.67. The van der Waals surface area contributed by atoms with Crippen molar-refractivity contribution in [2.75, 3.05) is 20.1 Å². The molecule has 0 atom stereocenters. The maximum absolute atomic E-state index is 12.1. The lowest BCUT2D eigenvalue weighted by Gasteiger charge is -2.29. The van der Waals surface area contributed by atoms with E-state index in [1.54, 1.807) is 13.8 Å². The Bertz CT molecular complexity index is 716. The van der Waals surface area contributed by atoms with Crippen LogP contribution < -0.4 is 10.1 Å². The van der Waals surface area contributed by atoms with Gasteiger partial charge in [-0.15, -0.1) is 0 Å². The number of aryl methyl sites for hydroxylation is 2. The number of rotatable bonds is 5. The van der Waals surface area contributed by atoms with Crippen LogP contribution in [0.15, 0.2) is 28.7 Å². The van der Waals surface area contributed by atoms with Crippen LogP contribution in [0, 0.1) is 13.8 Å². The normalized spacial score (nSPS) is 16.0. The summed E-state index contributed by atoms with van der Waals surface area (Å²) in [5, 5.41) is 2.86. The number of nitrogens with zero attached hydrogens (tertiary/aromatic N) is 2. The zero-order chi connectivity index (χ0) is 17.8. The quantitative estimate of drug-likeness (QED) is 0.904. The summed E-state index contributed by atoms with van der Waals surface area (Å²) in [4.78, 5) is 18.6. The number of nitrogens with one attached hydrogen (secondary N) is 1. The third-order valence-electron chi connectivity index (χ3n) is 4.45. The van der Waals surface area contributed by atoms with E-state index in [2.05, 4.69) is 22.2 Å². The molecule has 0 spiro atoms. The standard InChI is InChI=1S/C19H25N3O3/c1-13-18(24-14(2)21-13)19(23)20-12-15-4-6-16(7-5-15)25-17-8-10-22(3)11-9-17/h4-7,17H,8-12H2,1-3H3,(H,20,23). The van der Waals surface area contributed by atoms with Crippen LogP contribution in [0.25, 0.3) is 0 Å². The van der Waals surface area contributed by atoms with Crippen LogP contribution in [0.2, 0.25) is 0 Å². The van der Waals surface area contributed by atoms with Crippen LogP contribution in [-0.4, -0.2) is 42.0 Å². The van der Waals surface area contributed by atoms with Crippen molar-refractivity contribution in [1.29, 1.82) is 0 Å². The van der Waals surface area contributed by atoms with Gasteiger partial charge < -0.3 is 19.4 Å². The van der Waals surface area contributed by atoms with Crippen molar-refractivity contribution in [2.24, 2.45) is 0 Å². The van der Waals surface area contributed by atoms with E-state index < -0.39 is 0 Å². The van der Waals surface area contributed by atoms with Gasteiger partial charge in [0, 0.05) is 26.6 Å². The first kappa shape index (κ1) is 17.5. The van der Waals surface area contributed by atoms with Gasteiger partial charge in [-0.1, -0.05) is 12.1 Å². The summed E-state index contributed by atoms with van der Waals surface area (Å²) in [5.41, 5.74) is 1.62. The van der Waals surface area contributed by atoms with Crippen molar-refractivity contribution in [3.63, 3.8) is 0 Å². The Balaban J connectivity index is 1.50. The van der Waals surface area contributed by atoms with Crippen molar-refractivity contribution in [2.45, 2.75) is 39.3 Å². The molecule has 0 aliphatic carbocycles. The minimum absolute atomic E-state index is 0.246. The molecule has 2 heterocycles. The molecule has 1 amide bonds. The number of carbonyl (C=O) groups is 1. The van der Waals surface area contributed by atoms with Crippen LogP contribution in [0.5, 0.6) is 5.75 Å². The molecule has 1 aliphatic heterocycles. The summed E-state index contributed by atoms with van der Waals surface area (Å²) in [6, 6.07) is 7.87. The molecule has 25 heavy (non-hydrogen) atoms. The van der Waals surface area contributed by atoms with Gasteiger partial charge in [0.2, 0.25) is 5.76 Å². The molecule has 1 N–H and O–H groups in total. The second-order valence-electron chi connectivity index (χ2n) is 6.59. The maximum Gasteiger partial charge on any atom is 0.289 e. The number of hydrogen-bond donors (Lipinski definition) is 1. The van der Waals surface area contributed by atoms with Gasteiger partial charge in [0.25, 0.3) is 5.91 Å². The fourth-order valence-corrected chi connectivity index (χ4v) is 2.99. The third kappa shape index (κ3) is 4.60. The molecule has 0 saturated carbocycles. The number of carbonyl (C=O) groups excluding carboxylic acids is 1. The molecule has 1 aromatic carbocycles. The Labute approximate surface area is 148 Å². The van der Waals surface area contributed by atoms with E-state index >= 15 is 0 Å². The largest absolute Gasteiger partial charge is 0.490 e. The van der Waals surface area contributed by atoms with E-state index in [4.69, 9.17) is 9.15 Å². The summed E-state index contributed by atoms with van der Waals surface area (Å²) in [7, 11) is 2.14. The van der Waals surface area contributed by atoms with E-state index in [-0.39, 0.29) is 11.7 Å². The molecule has 1 aliphatic rings. The first-order chi connectivity index (χ1) is 12.0. The van der Waals surface area contributed by atoms with Crippen molar-refractivity contribution >= 4 is 5.91 Å². The van der Waals surface area contributed by atoms with Crippen LogP contribution in [0.3, 0.4) is 0 Å². The second-order valence-corrected chi connectivity index (χ2v) is 6.59. The zero-order valence-electron chi connectivity index (χ0n) is 15.0. The average Bonchev–Trinajstić information content (AvgIpc) is 2.94. The van der Waals surface area contributed by atoms with Gasteiger partial charge >= 0.3 is 0 Å². The predicted molar refractivity (Wildman–Crippen MR) is 94.7 cm³/mol. The van der Waals surface area contributed by atoms with Gasteiger partial charge in [0.1, 0.15) is 11.9 Å². The molecule has 1 saturated heterocycles. The van der Waals surface area contributed by atoms with Gasteiger partial charge in [0.15, 0.2) is 5.89 Å². The van der Waals surface area contributed by atoms with E-state index in [0.717, 1.165) is 37.2 Å². The summed E-state index contributed by atoms with van der Waals surface area (Å²) < 4.78 is 11.4. The molecule has 6 heteroatoms. The SMILES string of the molecule is Cc1nc(C)c(C(=O)NCc2ccc(OC3CCN(C)CC3)cc2)o1. The topological polar surface area (TPSA) is 67.6 Å². The monoisotopic (exact) mass is 343 g/mol. The van der Waals surface area contributed by atoms with E-state index in [1.165, 1.54) is 0 Å². The lowest BCUT2D eigenvalue weighted by molar-refractivity contribution is 0.0921. The van der Waals surface area contributed by atoms with Crippen LogP contribution in [0.1, 0.15) is 40.5 Å². The van der Waals surface area contributed by atoms with Gasteiger partial charge in [-0.2, -0.15) is 0 Å². The van der Waals surface area contributed by atoms with E-state index in [9.17, 15) is 4.79 Å². The second kappa shape index (κ2) is 7.70. The predicted octanol–water partition coefficient (Wildman–Crippen LogP) is 2.69. The van der Waals surface area contributed by atoms with Gasteiger partial charge in [-0.3, -0.25) is 4.79 Å². The van der Waals surface area contributed by atoms with E-state index in [0.29, 0.717) is 24.2 Å². The fraction of sp³-hybridized carbons (Fsp3) is 0.474. The summed E-state index contributed by atoms with van der Waals surface area (Å²) >= 11 is 0. The highest BCUT2D eigenvalue weighted by Gasteiger charge is 2.18. The lowest BCUT2D eigenvalue weighted by atomic mass is 10.1. The number of likely N-dealkylation sites (tertiary alicyclic amines) is 1. The fourth-order valence-electron chi connectivity index (χ4n) is 2.99. The number of aromatic nitrogens is 1. The molecule has 2 aromatic rings. The van der Waals surface area contributed by atoms with Crippen LogP contribution in [0.4, 0.5) is 0 Å². The minimum atomic E-state index is -0.246. The Hall–Kier alpha value is -2.34. The zero-order valence-corrected chi connectivity index (χ0v) is 15.0. The maximum atomic E-state index is 12.1. The molecule has 0 bridgehead atoms. The Morgan fingerprint density at radius 2 is 1.96 bits per heavy atom. The first-order valence-corrected chi connectivity index (χ1v) is 8.67. The minimum Gasteiger partial charge on any atom is -0.490 e. The Kier molecular flexibility index (Phi) is 5.38. The van der Waals surface area contributed by atoms with Crippen molar-refractivity contribution in [1.82, 2.24) is 15.2 Å². The van der Waals surface area contributed by atoms with Gasteiger partial charge in [-0.05, 0) is 44.5 Å². The summed E-state index contributed by atoms with van der Waals surface area (Å²) in [5.74, 6) is 1.41. The highest BCUT2D eigenvalue weighted by atomic mass is 16.5. The summed E-state index contributed by atoms with van der Waals surface area (Å²) in [6.07, 6.45) is 2.41. The van der Waals surface area contributed by atoms with Crippen molar-refractivity contribution < 1.29 is 13.9 Å². The smallest absolute Gasteiger partial charge is 0.289 e. The average molecular weight is 343 g/mol. The molecule has 1 fully saturated rings. The molecule has 134 valence electrons. The lowest BCUT2D eigenvalue weighted by Crippen LogP contribution is -2.35. The molecule has 1 aromatic heterocycles. The number of benzene rings is 1.